The zero-order valence-corrected chi connectivity index (χ0v) is 7.11. The molecule has 68 valence electrons. The van der Waals surface area contributed by atoms with Crippen LogP contribution in [0.5, 0.6) is 0 Å². The van der Waals surface area contributed by atoms with Gasteiger partial charge in [-0.3, -0.25) is 0 Å². The van der Waals surface area contributed by atoms with Gasteiger partial charge in [0.1, 0.15) is 0 Å². The lowest BCUT2D eigenvalue weighted by Crippen LogP contribution is -2.46. The minimum absolute atomic E-state index is 0. The van der Waals surface area contributed by atoms with Crippen LogP contribution in [0, 0.1) is 5.92 Å². The average molecular weight is 165 g/mol. The third-order valence-corrected chi connectivity index (χ3v) is 2.43. The summed E-state index contributed by atoms with van der Waals surface area (Å²) < 4.78 is 26.2. The summed E-state index contributed by atoms with van der Waals surface area (Å²) in [6.45, 7) is 2.59. The van der Waals surface area contributed by atoms with Gasteiger partial charge in [-0.25, -0.2) is 8.78 Å². The molecule has 0 radical (unpaired) electrons. The first kappa shape index (κ1) is 8.91. The highest BCUT2D eigenvalue weighted by Crippen LogP contribution is 2.33. The van der Waals surface area contributed by atoms with E-state index in [1.54, 1.807) is 11.9 Å². The van der Waals surface area contributed by atoms with E-state index in [9.17, 15) is 8.78 Å². The molecule has 0 amide bonds. The molecule has 0 aromatic rings. The SMILES string of the molecule is CCC1CCN(C)CC1(F)F.[HH]. The summed E-state index contributed by atoms with van der Waals surface area (Å²) in [7, 11) is 1.75. The monoisotopic (exact) mass is 165 g/mol. The molecule has 1 heterocycles. The van der Waals surface area contributed by atoms with Crippen molar-refractivity contribution in [2.24, 2.45) is 5.92 Å². The Balaban J connectivity index is 0.00000121. The highest BCUT2D eigenvalue weighted by atomic mass is 19.3. The third kappa shape index (κ3) is 1.89. The molecule has 1 aliphatic rings. The van der Waals surface area contributed by atoms with Crippen LogP contribution < -0.4 is 0 Å². The first-order valence-electron chi connectivity index (χ1n) is 4.12. The molecule has 1 saturated heterocycles. The van der Waals surface area contributed by atoms with Crippen LogP contribution in [0.3, 0.4) is 0 Å². The third-order valence-electron chi connectivity index (χ3n) is 2.43. The van der Waals surface area contributed by atoms with E-state index in [0.717, 1.165) is 6.54 Å². The second-order valence-corrected chi connectivity index (χ2v) is 3.39. The van der Waals surface area contributed by atoms with Crippen LogP contribution >= 0.6 is 0 Å². The Bertz CT molecular complexity index is 141. The van der Waals surface area contributed by atoms with Crippen molar-refractivity contribution in [2.75, 3.05) is 20.1 Å². The highest BCUT2D eigenvalue weighted by molar-refractivity contribution is 4.84. The lowest BCUT2D eigenvalue weighted by atomic mass is 9.91. The Morgan fingerprint density at radius 3 is 2.73 bits per heavy atom. The van der Waals surface area contributed by atoms with E-state index >= 15 is 0 Å². The Kier molecular flexibility index (Phi) is 2.47. The molecule has 11 heavy (non-hydrogen) atoms. The van der Waals surface area contributed by atoms with E-state index in [-0.39, 0.29) is 7.97 Å². The van der Waals surface area contributed by atoms with Crippen LogP contribution in [0.2, 0.25) is 0 Å². The van der Waals surface area contributed by atoms with Gasteiger partial charge in [0.2, 0.25) is 0 Å². The maximum absolute atomic E-state index is 13.1. The molecule has 3 heteroatoms. The quantitative estimate of drug-likeness (QED) is 0.576. The molecule has 0 aromatic carbocycles. The van der Waals surface area contributed by atoms with Crippen molar-refractivity contribution in [2.45, 2.75) is 25.7 Å². The maximum atomic E-state index is 13.1. The summed E-state index contributed by atoms with van der Waals surface area (Å²) in [6.07, 6.45) is 1.24. The van der Waals surface area contributed by atoms with Crippen molar-refractivity contribution in [1.82, 2.24) is 4.90 Å². The topological polar surface area (TPSA) is 3.24 Å². The first-order valence-corrected chi connectivity index (χ1v) is 4.12. The summed E-state index contributed by atoms with van der Waals surface area (Å²) in [6, 6.07) is 0. The van der Waals surface area contributed by atoms with Gasteiger partial charge in [-0.05, 0) is 26.4 Å². The number of likely N-dealkylation sites (tertiary alicyclic amines) is 1. The van der Waals surface area contributed by atoms with Crippen molar-refractivity contribution in [3.05, 3.63) is 0 Å². The summed E-state index contributed by atoms with van der Waals surface area (Å²) in [5.74, 6) is -2.85. The molecule has 0 aromatic heterocycles. The Hall–Kier alpha value is -0.180. The van der Waals surface area contributed by atoms with Crippen molar-refractivity contribution >= 4 is 0 Å². The van der Waals surface area contributed by atoms with Crippen LogP contribution in [0.15, 0.2) is 0 Å². The number of nitrogens with zero attached hydrogens (tertiary/aromatic N) is 1. The van der Waals surface area contributed by atoms with Gasteiger partial charge in [-0.15, -0.1) is 0 Å². The van der Waals surface area contributed by atoms with Gasteiger partial charge < -0.3 is 4.90 Å². The minimum Gasteiger partial charge on any atom is -0.301 e. The summed E-state index contributed by atoms with van der Waals surface area (Å²) in [4.78, 5) is 1.70. The van der Waals surface area contributed by atoms with E-state index in [4.69, 9.17) is 0 Å². The molecular formula is C8H17F2N. The Morgan fingerprint density at radius 2 is 2.27 bits per heavy atom. The normalized spacial score (nSPS) is 32.2. The number of rotatable bonds is 1. The van der Waals surface area contributed by atoms with Gasteiger partial charge in [0.05, 0.1) is 6.54 Å². The first-order chi connectivity index (χ1) is 5.06. The zero-order chi connectivity index (χ0) is 8.48. The fourth-order valence-corrected chi connectivity index (χ4v) is 1.66. The van der Waals surface area contributed by atoms with E-state index in [2.05, 4.69) is 0 Å². The summed E-state index contributed by atoms with van der Waals surface area (Å²) in [5, 5.41) is 0. The van der Waals surface area contributed by atoms with Gasteiger partial charge in [-0.1, -0.05) is 6.92 Å². The van der Waals surface area contributed by atoms with Crippen molar-refractivity contribution in [3.63, 3.8) is 0 Å². The number of alkyl halides is 2. The molecule has 1 nitrogen and oxygen atoms in total. The molecule has 1 fully saturated rings. The highest BCUT2D eigenvalue weighted by Gasteiger charge is 2.42. The van der Waals surface area contributed by atoms with Gasteiger partial charge in [-0.2, -0.15) is 0 Å². The summed E-state index contributed by atoms with van der Waals surface area (Å²) >= 11 is 0. The number of piperidine rings is 1. The molecule has 0 spiro atoms. The van der Waals surface area contributed by atoms with Gasteiger partial charge in [0.15, 0.2) is 0 Å². The van der Waals surface area contributed by atoms with Crippen molar-refractivity contribution in [1.29, 1.82) is 0 Å². The van der Waals surface area contributed by atoms with E-state index in [1.165, 1.54) is 0 Å². The molecule has 1 aliphatic heterocycles. The van der Waals surface area contributed by atoms with Crippen LogP contribution in [-0.4, -0.2) is 31.0 Å². The molecule has 0 aliphatic carbocycles. The molecule has 0 N–H and O–H groups in total. The van der Waals surface area contributed by atoms with Crippen LogP contribution in [0.1, 0.15) is 21.2 Å². The zero-order valence-electron chi connectivity index (χ0n) is 7.11. The van der Waals surface area contributed by atoms with E-state index in [0.29, 0.717) is 12.8 Å². The number of hydrogen-bond donors (Lipinski definition) is 0. The van der Waals surface area contributed by atoms with Crippen molar-refractivity contribution < 1.29 is 10.2 Å². The van der Waals surface area contributed by atoms with E-state index < -0.39 is 11.8 Å². The maximum Gasteiger partial charge on any atom is 0.263 e. The van der Waals surface area contributed by atoms with Gasteiger partial charge in [0.25, 0.3) is 5.92 Å². The second kappa shape index (κ2) is 3.05. The van der Waals surface area contributed by atoms with Crippen LogP contribution in [-0.2, 0) is 0 Å². The fraction of sp³-hybridized carbons (Fsp3) is 1.00. The predicted octanol–water partition coefficient (Wildman–Crippen LogP) is 2.23. The Morgan fingerprint density at radius 1 is 1.64 bits per heavy atom. The minimum atomic E-state index is -2.46. The van der Waals surface area contributed by atoms with Crippen molar-refractivity contribution in [3.8, 4) is 0 Å². The molecule has 0 bridgehead atoms. The van der Waals surface area contributed by atoms with Gasteiger partial charge >= 0.3 is 0 Å². The standard InChI is InChI=1S/C8H15F2N.H2/c1-3-7-4-5-11(2)6-8(7,9)10;/h7H,3-6H2,1-2H3;1H. The lowest BCUT2D eigenvalue weighted by Gasteiger charge is -2.35. The summed E-state index contributed by atoms with van der Waals surface area (Å²) in [5.41, 5.74) is 0. The smallest absolute Gasteiger partial charge is 0.263 e. The molecule has 1 atom stereocenters. The fourth-order valence-electron chi connectivity index (χ4n) is 1.66. The lowest BCUT2D eigenvalue weighted by molar-refractivity contribution is -0.106. The van der Waals surface area contributed by atoms with Crippen LogP contribution in [0.25, 0.3) is 0 Å². The Labute approximate surface area is 67.9 Å². The molecule has 0 saturated carbocycles. The largest absolute Gasteiger partial charge is 0.301 e. The molecule has 1 rings (SSSR count). The molecule has 1 unspecified atom stereocenters. The van der Waals surface area contributed by atoms with E-state index in [1.807, 2.05) is 6.92 Å². The second-order valence-electron chi connectivity index (χ2n) is 3.39. The predicted molar refractivity (Wildman–Crippen MR) is 43.0 cm³/mol. The number of hydrogen-bond acceptors (Lipinski definition) is 1. The number of halogens is 2. The van der Waals surface area contributed by atoms with Gasteiger partial charge in [0, 0.05) is 7.34 Å². The van der Waals surface area contributed by atoms with Crippen LogP contribution in [0.4, 0.5) is 8.78 Å². The average Bonchev–Trinajstić information content (AvgIpc) is 1.85. The molecular weight excluding hydrogens is 148 g/mol.